The monoisotopic (exact) mass is 205 g/mol. The number of para-hydroxylation sites is 1. The molecule has 1 fully saturated rings. The van der Waals surface area contributed by atoms with Crippen LogP contribution in [0.15, 0.2) is 24.3 Å². The predicted molar refractivity (Wildman–Crippen MR) is 64.0 cm³/mol. The first-order valence-electron chi connectivity index (χ1n) is 5.57. The molecule has 1 saturated heterocycles. The summed E-state index contributed by atoms with van der Waals surface area (Å²) in [4.78, 5) is 2.42. The molecule has 1 aliphatic heterocycles. The highest BCUT2D eigenvalue weighted by atomic mass is 15.2. The summed E-state index contributed by atoms with van der Waals surface area (Å²) < 4.78 is 0. The highest BCUT2D eigenvalue weighted by Gasteiger charge is 2.17. The van der Waals surface area contributed by atoms with Crippen molar-refractivity contribution in [2.45, 2.75) is 19.5 Å². The minimum absolute atomic E-state index is 0.560. The number of nitrogens with zero attached hydrogens (tertiary/aromatic N) is 1. The molecule has 0 bridgehead atoms. The normalized spacial score (nSPS) is 21.7. The van der Waals surface area contributed by atoms with E-state index in [2.05, 4.69) is 41.4 Å². The van der Waals surface area contributed by atoms with Crippen LogP contribution in [0.1, 0.15) is 12.5 Å². The zero-order valence-electron chi connectivity index (χ0n) is 9.24. The van der Waals surface area contributed by atoms with E-state index in [0.29, 0.717) is 12.6 Å². The minimum Gasteiger partial charge on any atom is -0.368 e. The molecule has 0 radical (unpaired) electrons. The van der Waals surface area contributed by atoms with Crippen molar-refractivity contribution >= 4 is 5.69 Å². The number of nitrogens with one attached hydrogen (secondary N) is 1. The van der Waals surface area contributed by atoms with Gasteiger partial charge in [-0.15, -0.1) is 0 Å². The quantitative estimate of drug-likeness (QED) is 0.755. The lowest BCUT2D eigenvalue weighted by molar-refractivity contribution is 0.484. The van der Waals surface area contributed by atoms with Gasteiger partial charge in [0, 0.05) is 37.9 Å². The molecule has 0 aliphatic carbocycles. The smallest absolute Gasteiger partial charge is 0.0412 e. The Morgan fingerprint density at radius 2 is 2.27 bits per heavy atom. The van der Waals surface area contributed by atoms with E-state index in [0.717, 1.165) is 19.6 Å². The molecule has 3 nitrogen and oxygen atoms in total. The lowest BCUT2D eigenvalue weighted by Crippen LogP contribution is -2.49. The Hall–Kier alpha value is -1.06. The third-order valence-corrected chi connectivity index (χ3v) is 2.92. The molecule has 1 atom stereocenters. The summed E-state index contributed by atoms with van der Waals surface area (Å²) in [5.41, 5.74) is 8.29. The number of benzene rings is 1. The molecule has 0 spiro atoms. The minimum atomic E-state index is 0.560. The lowest BCUT2D eigenvalue weighted by Gasteiger charge is -2.34. The first-order valence-corrected chi connectivity index (χ1v) is 5.57. The van der Waals surface area contributed by atoms with Crippen LogP contribution < -0.4 is 16.0 Å². The average molecular weight is 205 g/mol. The van der Waals surface area contributed by atoms with E-state index >= 15 is 0 Å². The number of anilines is 1. The summed E-state index contributed by atoms with van der Waals surface area (Å²) in [6, 6.07) is 8.98. The molecular formula is C12H19N3. The van der Waals surface area contributed by atoms with E-state index in [1.54, 1.807) is 0 Å². The van der Waals surface area contributed by atoms with Gasteiger partial charge in [-0.25, -0.2) is 0 Å². The maximum atomic E-state index is 5.75. The fourth-order valence-electron chi connectivity index (χ4n) is 2.14. The van der Waals surface area contributed by atoms with Crippen molar-refractivity contribution in [3.05, 3.63) is 29.8 Å². The van der Waals surface area contributed by atoms with E-state index in [9.17, 15) is 0 Å². The van der Waals surface area contributed by atoms with Crippen LogP contribution in [0.3, 0.4) is 0 Å². The summed E-state index contributed by atoms with van der Waals surface area (Å²) in [6.07, 6.45) is 0. The largest absolute Gasteiger partial charge is 0.368 e. The topological polar surface area (TPSA) is 41.3 Å². The second kappa shape index (κ2) is 4.64. The summed E-state index contributed by atoms with van der Waals surface area (Å²) in [6.45, 7) is 6.03. The molecule has 0 unspecified atom stereocenters. The van der Waals surface area contributed by atoms with Crippen molar-refractivity contribution in [2.24, 2.45) is 5.73 Å². The maximum Gasteiger partial charge on any atom is 0.0412 e. The molecule has 3 N–H and O–H groups in total. The van der Waals surface area contributed by atoms with Crippen LogP contribution in [0.25, 0.3) is 0 Å². The van der Waals surface area contributed by atoms with Gasteiger partial charge in [0.1, 0.15) is 0 Å². The fraction of sp³-hybridized carbons (Fsp3) is 0.500. The Morgan fingerprint density at radius 3 is 3.00 bits per heavy atom. The van der Waals surface area contributed by atoms with Crippen molar-refractivity contribution in [3.8, 4) is 0 Å². The highest BCUT2D eigenvalue weighted by molar-refractivity contribution is 5.54. The van der Waals surface area contributed by atoms with E-state index < -0.39 is 0 Å². The molecular weight excluding hydrogens is 186 g/mol. The van der Waals surface area contributed by atoms with Crippen LogP contribution in [0, 0.1) is 0 Å². The standard InChI is InChI=1S/C12H19N3/c1-10-9-15(7-6-14-10)12-5-3-2-4-11(12)8-13/h2-5,10,14H,6-9,13H2,1H3/t10-/m1/s1. The van der Waals surface area contributed by atoms with Crippen LogP contribution in [-0.2, 0) is 6.54 Å². The van der Waals surface area contributed by atoms with Gasteiger partial charge in [0.05, 0.1) is 0 Å². The van der Waals surface area contributed by atoms with Crippen molar-refractivity contribution in [1.29, 1.82) is 0 Å². The van der Waals surface area contributed by atoms with Crippen molar-refractivity contribution in [2.75, 3.05) is 24.5 Å². The van der Waals surface area contributed by atoms with Gasteiger partial charge in [-0.2, -0.15) is 0 Å². The van der Waals surface area contributed by atoms with Gasteiger partial charge >= 0.3 is 0 Å². The van der Waals surface area contributed by atoms with Gasteiger partial charge in [0.25, 0.3) is 0 Å². The molecule has 1 aromatic carbocycles. The molecule has 1 aromatic rings. The van der Waals surface area contributed by atoms with Crippen LogP contribution in [0.4, 0.5) is 5.69 Å². The molecule has 1 heterocycles. The van der Waals surface area contributed by atoms with Gasteiger partial charge in [0.15, 0.2) is 0 Å². The molecule has 0 saturated carbocycles. The Kier molecular flexibility index (Phi) is 3.23. The van der Waals surface area contributed by atoms with Crippen LogP contribution in [0.2, 0.25) is 0 Å². The van der Waals surface area contributed by atoms with E-state index in [-0.39, 0.29) is 0 Å². The number of nitrogens with two attached hydrogens (primary N) is 1. The van der Waals surface area contributed by atoms with Crippen molar-refractivity contribution < 1.29 is 0 Å². The number of piperazine rings is 1. The van der Waals surface area contributed by atoms with Gasteiger partial charge in [-0.1, -0.05) is 18.2 Å². The van der Waals surface area contributed by atoms with Gasteiger partial charge in [0.2, 0.25) is 0 Å². The predicted octanol–water partition coefficient (Wildman–Crippen LogP) is 0.943. The van der Waals surface area contributed by atoms with Crippen LogP contribution in [0.5, 0.6) is 0 Å². The zero-order valence-corrected chi connectivity index (χ0v) is 9.24. The van der Waals surface area contributed by atoms with Gasteiger partial charge in [-0.05, 0) is 18.6 Å². The first kappa shape index (κ1) is 10.5. The van der Waals surface area contributed by atoms with E-state index in [1.165, 1.54) is 11.3 Å². The number of rotatable bonds is 2. The number of hydrogen-bond donors (Lipinski definition) is 2. The fourth-order valence-corrected chi connectivity index (χ4v) is 2.14. The highest BCUT2D eigenvalue weighted by Crippen LogP contribution is 2.20. The second-order valence-electron chi connectivity index (χ2n) is 4.13. The first-order chi connectivity index (χ1) is 7.31. The summed E-state index contributed by atoms with van der Waals surface area (Å²) >= 11 is 0. The Labute approximate surface area is 91.3 Å². The SMILES string of the molecule is C[C@@H]1CN(c2ccccc2CN)CCN1. The molecule has 0 amide bonds. The maximum absolute atomic E-state index is 5.75. The number of hydrogen-bond acceptors (Lipinski definition) is 3. The third kappa shape index (κ3) is 2.30. The Balaban J connectivity index is 2.20. The third-order valence-electron chi connectivity index (χ3n) is 2.92. The molecule has 15 heavy (non-hydrogen) atoms. The van der Waals surface area contributed by atoms with Gasteiger partial charge < -0.3 is 16.0 Å². The molecule has 3 heteroatoms. The average Bonchev–Trinajstić information content (AvgIpc) is 2.29. The summed E-state index contributed by atoms with van der Waals surface area (Å²) in [5, 5.41) is 3.45. The zero-order chi connectivity index (χ0) is 10.7. The lowest BCUT2D eigenvalue weighted by atomic mass is 10.1. The summed E-state index contributed by atoms with van der Waals surface area (Å²) in [7, 11) is 0. The second-order valence-corrected chi connectivity index (χ2v) is 4.13. The van der Waals surface area contributed by atoms with Crippen LogP contribution in [-0.4, -0.2) is 25.7 Å². The van der Waals surface area contributed by atoms with Crippen molar-refractivity contribution in [3.63, 3.8) is 0 Å². The van der Waals surface area contributed by atoms with E-state index in [4.69, 9.17) is 5.73 Å². The molecule has 82 valence electrons. The summed E-state index contributed by atoms with van der Waals surface area (Å²) in [5.74, 6) is 0. The van der Waals surface area contributed by atoms with Crippen LogP contribution >= 0.6 is 0 Å². The van der Waals surface area contributed by atoms with Gasteiger partial charge in [-0.3, -0.25) is 0 Å². The molecule has 0 aromatic heterocycles. The molecule has 1 aliphatic rings. The Morgan fingerprint density at radius 1 is 1.47 bits per heavy atom. The molecule has 2 rings (SSSR count). The van der Waals surface area contributed by atoms with E-state index in [1.807, 2.05) is 0 Å². The Bertz CT molecular complexity index is 324. The van der Waals surface area contributed by atoms with Crippen molar-refractivity contribution in [1.82, 2.24) is 5.32 Å².